The van der Waals surface area contributed by atoms with Gasteiger partial charge in [-0.2, -0.15) is 0 Å². The first-order valence-corrected chi connectivity index (χ1v) is 18.6. The van der Waals surface area contributed by atoms with Gasteiger partial charge in [-0.3, -0.25) is 9.05 Å². The zero-order valence-corrected chi connectivity index (χ0v) is 27.1. The van der Waals surface area contributed by atoms with Crippen molar-refractivity contribution in [2.24, 2.45) is 0 Å². The predicted molar refractivity (Wildman–Crippen MR) is 192 cm³/mol. The minimum Gasteiger partial charge on any atom is -0.297 e. The summed E-state index contributed by atoms with van der Waals surface area (Å²) in [5, 5.41) is 5.53. The monoisotopic (exact) mass is 640 g/mol. The number of carbonyl (C=O) groups excluding carboxylic acids is 2. The molecule has 6 heteroatoms. The standard InChI is InChI=1S/C40H34O4P2/c41-39(43-45(33-19-7-1-8-20-33,34-21-9-2-10-22-34)35-23-11-3-12-24-35)31-32-40(42)44-46(36-25-13-4-14-26-36,37-27-15-5-16-28-37)38-29-17-6-18-30-38/h1-30H,31-32H2/q+2. The van der Waals surface area contributed by atoms with E-state index in [4.69, 9.17) is 9.05 Å². The van der Waals surface area contributed by atoms with E-state index >= 15 is 0 Å². The van der Waals surface area contributed by atoms with E-state index in [9.17, 15) is 9.59 Å². The molecule has 0 fully saturated rings. The number of hydrogen-bond donors (Lipinski definition) is 0. The van der Waals surface area contributed by atoms with Gasteiger partial charge >= 0.3 is 11.9 Å². The molecule has 0 heterocycles. The average molecular weight is 641 g/mol. The van der Waals surface area contributed by atoms with Crippen LogP contribution >= 0.6 is 15.0 Å². The topological polar surface area (TPSA) is 52.6 Å². The van der Waals surface area contributed by atoms with Crippen molar-refractivity contribution in [3.8, 4) is 0 Å². The molecule has 226 valence electrons. The first kappa shape index (κ1) is 31.1. The van der Waals surface area contributed by atoms with Gasteiger partial charge < -0.3 is 0 Å². The Bertz CT molecular complexity index is 1520. The number of hydrogen-bond acceptors (Lipinski definition) is 4. The molecule has 0 unspecified atom stereocenters. The van der Waals surface area contributed by atoms with Crippen LogP contribution in [0.5, 0.6) is 0 Å². The van der Waals surface area contributed by atoms with Crippen molar-refractivity contribution in [3.63, 3.8) is 0 Å². The van der Waals surface area contributed by atoms with Crippen LogP contribution in [0.2, 0.25) is 0 Å². The maximum Gasteiger partial charge on any atom is 0.352 e. The van der Waals surface area contributed by atoms with Gasteiger partial charge in [-0.05, 0) is 72.8 Å². The zero-order chi connectivity index (χ0) is 31.7. The molecule has 6 aromatic rings. The molecule has 0 saturated heterocycles. The summed E-state index contributed by atoms with van der Waals surface area (Å²) < 4.78 is 13.2. The summed E-state index contributed by atoms with van der Waals surface area (Å²) in [6.07, 6.45) is -0.239. The van der Waals surface area contributed by atoms with Crippen LogP contribution in [0.3, 0.4) is 0 Å². The third kappa shape index (κ3) is 6.42. The molecule has 0 saturated carbocycles. The minimum atomic E-state index is -2.85. The predicted octanol–water partition coefficient (Wildman–Crippen LogP) is 6.67. The number of benzene rings is 6. The Morgan fingerprint density at radius 2 is 0.500 bits per heavy atom. The van der Waals surface area contributed by atoms with Gasteiger partial charge in [-0.25, -0.2) is 9.59 Å². The number of carbonyl (C=O) groups is 2. The van der Waals surface area contributed by atoms with E-state index in [1.54, 1.807) is 0 Å². The second kappa shape index (κ2) is 14.5. The van der Waals surface area contributed by atoms with Crippen LogP contribution in [0.1, 0.15) is 12.8 Å². The van der Waals surface area contributed by atoms with E-state index in [0.29, 0.717) is 0 Å². The Balaban J connectivity index is 1.32. The molecule has 6 rings (SSSR count). The second-order valence-electron chi connectivity index (χ2n) is 10.7. The second-order valence-corrected chi connectivity index (χ2v) is 16.6. The first-order valence-electron chi connectivity index (χ1n) is 15.2. The Kier molecular flexibility index (Phi) is 9.79. The fraction of sp³-hybridized carbons (Fsp3) is 0.0500. The van der Waals surface area contributed by atoms with Crippen molar-refractivity contribution in [2.45, 2.75) is 12.8 Å². The van der Waals surface area contributed by atoms with Gasteiger partial charge in [0.25, 0.3) is 15.0 Å². The molecule has 0 aliphatic heterocycles. The molecule has 46 heavy (non-hydrogen) atoms. The Labute approximate surface area is 271 Å². The van der Waals surface area contributed by atoms with Crippen LogP contribution in [0.25, 0.3) is 0 Å². The lowest BCUT2D eigenvalue weighted by Crippen LogP contribution is -2.35. The van der Waals surface area contributed by atoms with Gasteiger partial charge in [0.15, 0.2) is 0 Å². The van der Waals surface area contributed by atoms with Gasteiger partial charge in [-0.15, -0.1) is 0 Å². The third-order valence-corrected chi connectivity index (χ3v) is 14.8. The van der Waals surface area contributed by atoms with Crippen molar-refractivity contribution >= 4 is 58.7 Å². The number of rotatable bonds is 11. The Morgan fingerprint density at radius 1 is 0.326 bits per heavy atom. The molecular formula is C40H34O4P2+2. The minimum absolute atomic E-state index is 0.120. The fourth-order valence-corrected chi connectivity index (χ4v) is 12.4. The highest BCUT2D eigenvalue weighted by Crippen LogP contribution is 2.58. The van der Waals surface area contributed by atoms with E-state index in [1.165, 1.54) is 0 Å². The highest BCUT2D eigenvalue weighted by Gasteiger charge is 2.52. The largest absolute Gasteiger partial charge is 0.352 e. The molecule has 0 amide bonds. The molecule has 0 spiro atoms. The highest BCUT2D eigenvalue weighted by atomic mass is 31.2. The SMILES string of the molecule is O=C(CCC(=O)O[P+](c1ccccc1)(c1ccccc1)c1ccccc1)O[P+](c1ccccc1)(c1ccccc1)c1ccccc1. The van der Waals surface area contributed by atoms with Gasteiger partial charge in [0.05, 0.1) is 12.8 Å². The molecule has 0 radical (unpaired) electrons. The molecule has 0 aliphatic carbocycles. The maximum absolute atomic E-state index is 13.9. The lowest BCUT2D eigenvalue weighted by molar-refractivity contribution is -0.139. The summed E-state index contributed by atoms with van der Waals surface area (Å²) in [7, 11) is -5.70. The molecule has 0 aromatic heterocycles. The molecule has 6 aromatic carbocycles. The van der Waals surface area contributed by atoms with Crippen molar-refractivity contribution < 1.29 is 18.6 Å². The van der Waals surface area contributed by atoms with Crippen molar-refractivity contribution in [1.82, 2.24) is 0 Å². The smallest absolute Gasteiger partial charge is 0.297 e. The molecule has 0 bridgehead atoms. The normalized spacial score (nSPS) is 11.4. The van der Waals surface area contributed by atoms with Crippen LogP contribution in [0.4, 0.5) is 0 Å². The van der Waals surface area contributed by atoms with Gasteiger partial charge in [0.2, 0.25) is 0 Å². The van der Waals surface area contributed by atoms with Crippen LogP contribution < -0.4 is 31.8 Å². The molecule has 4 nitrogen and oxygen atoms in total. The molecular weight excluding hydrogens is 606 g/mol. The summed E-state index contributed by atoms with van der Waals surface area (Å²) in [5.41, 5.74) is 0. The zero-order valence-electron chi connectivity index (χ0n) is 25.3. The Hall–Kier alpha value is -4.88. The Morgan fingerprint density at radius 3 is 0.674 bits per heavy atom. The third-order valence-electron chi connectivity index (χ3n) is 7.73. The lowest BCUT2D eigenvalue weighted by Gasteiger charge is -2.26. The summed E-state index contributed by atoms with van der Waals surface area (Å²) in [4.78, 5) is 27.7. The molecule has 0 N–H and O–H groups in total. The maximum atomic E-state index is 13.9. The first-order chi connectivity index (χ1) is 22.6. The average Bonchev–Trinajstić information content (AvgIpc) is 3.14. The van der Waals surface area contributed by atoms with Gasteiger partial charge in [0, 0.05) is 0 Å². The summed E-state index contributed by atoms with van der Waals surface area (Å²) in [6.45, 7) is 0. The van der Waals surface area contributed by atoms with E-state index < -0.39 is 26.9 Å². The van der Waals surface area contributed by atoms with Crippen LogP contribution in [-0.4, -0.2) is 11.9 Å². The summed E-state index contributed by atoms with van der Waals surface area (Å²) in [6, 6.07) is 59.3. The summed E-state index contributed by atoms with van der Waals surface area (Å²) >= 11 is 0. The van der Waals surface area contributed by atoms with Crippen LogP contribution in [-0.2, 0) is 18.6 Å². The van der Waals surface area contributed by atoms with E-state index in [1.807, 2.05) is 182 Å². The van der Waals surface area contributed by atoms with Crippen LogP contribution in [0, 0.1) is 0 Å². The molecule has 0 aliphatic rings. The lowest BCUT2D eigenvalue weighted by atomic mass is 10.3. The van der Waals surface area contributed by atoms with E-state index in [-0.39, 0.29) is 12.8 Å². The fourth-order valence-electron chi connectivity index (χ4n) is 5.64. The highest BCUT2D eigenvalue weighted by molar-refractivity contribution is 7.92. The summed E-state index contributed by atoms with van der Waals surface area (Å²) in [5.74, 6) is -0.908. The van der Waals surface area contributed by atoms with Crippen LogP contribution in [0.15, 0.2) is 182 Å². The van der Waals surface area contributed by atoms with E-state index in [2.05, 4.69) is 0 Å². The van der Waals surface area contributed by atoms with Gasteiger partial charge in [0.1, 0.15) is 31.8 Å². The van der Waals surface area contributed by atoms with E-state index in [0.717, 1.165) is 31.8 Å². The molecule has 0 atom stereocenters. The quantitative estimate of drug-likeness (QED) is 0.149. The van der Waals surface area contributed by atoms with Crippen molar-refractivity contribution in [1.29, 1.82) is 0 Å². The van der Waals surface area contributed by atoms with Gasteiger partial charge in [-0.1, -0.05) is 109 Å². The van der Waals surface area contributed by atoms with Crippen molar-refractivity contribution in [3.05, 3.63) is 182 Å². The van der Waals surface area contributed by atoms with Crippen molar-refractivity contribution in [2.75, 3.05) is 0 Å².